The van der Waals surface area contributed by atoms with Crippen LogP contribution in [0.3, 0.4) is 0 Å². The van der Waals surface area contributed by atoms with Crippen molar-refractivity contribution in [2.24, 2.45) is 0 Å². The second-order valence-electron chi connectivity index (χ2n) is 6.84. The maximum Gasteiger partial charge on any atom is 0.225 e. The smallest absolute Gasteiger partial charge is 0.225 e. The molecule has 2 aromatic rings. The molecule has 2 saturated heterocycles. The molecule has 0 saturated carbocycles. The van der Waals surface area contributed by atoms with Crippen LogP contribution in [0.5, 0.6) is 0 Å². The molecule has 2 fully saturated rings. The molecule has 0 aliphatic carbocycles. The number of fused-ring (bicyclic) bond motifs is 1. The van der Waals surface area contributed by atoms with Gasteiger partial charge in [0.2, 0.25) is 5.28 Å². The van der Waals surface area contributed by atoms with E-state index in [1.807, 2.05) is 0 Å². The van der Waals surface area contributed by atoms with Gasteiger partial charge in [0, 0.05) is 38.3 Å². The minimum atomic E-state index is 0.286. The third-order valence-corrected chi connectivity index (χ3v) is 5.66. The normalized spacial score (nSPS) is 25.6. The van der Waals surface area contributed by atoms with Gasteiger partial charge in [-0.2, -0.15) is 4.98 Å². The minimum absolute atomic E-state index is 0.286. The highest BCUT2D eigenvalue weighted by Crippen LogP contribution is 2.30. The molecule has 136 valence electrons. The van der Waals surface area contributed by atoms with E-state index >= 15 is 0 Å². The van der Waals surface area contributed by atoms with Gasteiger partial charge in [-0.3, -0.25) is 4.90 Å². The molecule has 2 unspecified atom stereocenters. The van der Waals surface area contributed by atoms with Gasteiger partial charge in [0.25, 0.3) is 0 Å². The summed E-state index contributed by atoms with van der Waals surface area (Å²) in [4.78, 5) is 19.2. The quantitative estimate of drug-likeness (QED) is 0.811. The van der Waals surface area contributed by atoms with E-state index in [1.54, 1.807) is 11.3 Å². The van der Waals surface area contributed by atoms with Crippen molar-refractivity contribution in [2.45, 2.75) is 32.5 Å². The number of hydrogen-bond donors (Lipinski definition) is 1. The number of aromatic nitrogens is 3. The molecule has 0 bridgehead atoms. The summed E-state index contributed by atoms with van der Waals surface area (Å²) in [6, 6.07) is 0.993. The van der Waals surface area contributed by atoms with Crippen LogP contribution in [0.1, 0.15) is 18.9 Å². The van der Waals surface area contributed by atoms with Gasteiger partial charge in [-0.1, -0.05) is 11.3 Å². The fourth-order valence-electron chi connectivity index (χ4n) is 3.65. The van der Waals surface area contributed by atoms with Gasteiger partial charge in [-0.05, 0) is 25.4 Å². The Bertz CT molecular complexity index is 740. The van der Waals surface area contributed by atoms with Crippen molar-refractivity contribution in [1.29, 1.82) is 0 Å². The number of morpholine rings is 1. The van der Waals surface area contributed by atoms with Gasteiger partial charge in [0.1, 0.15) is 10.5 Å². The summed E-state index contributed by atoms with van der Waals surface area (Å²) in [7, 11) is 0. The van der Waals surface area contributed by atoms with E-state index in [4.69, 9.17) is 21.3 Å². The van der Waals surface area contributed by atoms with Crippen molar-refractivity contribution in [3.63, 3.8) is 0 Å². The average Bonchev–Trinajstić information content (AvgIpc) is 2.96. The van der Waals surface area contributed by atoms with Crippen molar-refractivity contribution in [1.82, 2.24) is 25.2 Å². The Morgan fingerprint density at radius 2 is 1.88 bits per heavy atom. The van der Waals surface area contributed by atoms with E-state index in [0.29, 0.717) is 25.3 Å². The van der Waals surface area contributed by atoms with Crippen molar-refractivity contribution in [3.8, 4) is 0 Å². The first kappa shape index (κ1) is 17.4. The molecule has 0 amide bonds. The summed E-state index contributed by atoms with van der Waals surface area (Å²) < 4.78 is 5.44. The highest BCUT2D eigenvalue weighted by atomic mass is 35.5. The van der Waals surface area contributed by atoms with Crippen molar-refractivity contribution >= 4 is 39.1 Å². The summed E-state index contributed by atoms with van der Waals surface area (Å²) >= 11 is 7.78. The van der Waals surface area contributed by atoms with Crippen molar-refractivity contribution < 1.29 is 4.74 Å². The highest BCUT2D eigenvalue weighted by molar-refractivity contribution is 7.18. The molecule has 4 heterocycles. The molecule has 0 radical (unpaired) electrons. The van der Waals surface area contributed by atoms with Gasteiger partial charge < -0.3 is 15.0 Å². The zero-order valence-corrected chi connectivity index (χ0v) is 16.1. The number of thiazole rings is 1. The standard InChI is InChI=1S/C16H23ClN6OS/c1-10-7-22(8-11(2)18-10)9-12-19-13-14(23-3-5-24-6-4-23)20-16(17)21-15(13)25-12/h10-11,18H,3-9H2,1-2H3. The molecule has 2 aliphatic rings. The van der Waals surface area contributed by atoms with Crippen LogP contribution in [0.2, 0.25) is 5.28 Å². The van der Waals surface area contributed by atoms with Gasteiger partial charge in [0.05, 0.1) is 19.8 Å². The van der Waals surface area contributed by atoms with Gasteiger partial charge in [-0.15, -0.1) is 0 Å². The molecular weight excluding hydrogens is 360 g/mol. The number of halogens is 1. The number of rotatable bonds is 3. The molecular formula is C16H23ClN6OS. The molecule has 4 rings (SSSR count). The maximum atomic E-state index is 6.16. The fraction of sp³-hybridized carbons (Fsp3) is 0.688. The zero-order valence-electron chi connectivity index (χ0n) is 14.5. The second-order valence-corrected chi connectivity index (χ2v) is 8.24. The Labute approximate surface area is 156 Å². The summed E-state index contributed by atoms with van der Waals surface area (Å²) in [5.41, 5.74) is 0.863. The molecule has 7 nitrogen and oxygen atoms in total. The number of nitrogens with zero attached hydrogens (tertiary/aromatic N) is 5. The Kier molecular flexibility index (Phi) is 5.06. The monoisotopic (exact) mass is 382 g/mol. The van der Waals surface area contributed by atoms with E-state index in [-0.39, 0.29) is 5.28 Å². The molecule has 1 N–H and O–H groups in total. The lowest BCUT2D eigenvalue weighted by molar-refractivity contribution is 0.122. The Morgan fingerprint density at radius 3 is 2.60 bits per heavy atom. The first-order valence-electron chi connectivity index (χ1n) is 8.72. The molecule has 25 heavy (non-hydrogen) atoms. The lowest BCUT2D eigenvalue weighted by Gasteiger charge is -2.35. The van der Waals surface area contributed by atoms with Crippen LogP contribution in [0, 0.1) is 0 Å². The molecule has 0 spiro atoms. The highest BCUT2D eigenvalue weighted by Gasteiger charge is 2.24. The van der Waals surface area contributed by atoms with Crippen molar-refractivity contribution in [3.05, 3.63) is 10.3 Å². The third-order valence-electron chi connectivity index (χ3n) is 4.56. The molecule has 0 aromatic carbocycles. The predicted molar refractivity (Wildman–Crippen MR) is 101 cm³/mol. The lowest BCUT2D eigenvalue weighted by Crippen LogP contribution is -2.53. The SMILES string of the molecule is CC1CN(Cc2nc3c(N4CCOCC4)nc(Cl)nc3s2)CC(C)N1. The van der Waals surface area contributed by atoms with Crippen LogP contribution in [0.25, 0.3) is 10.3 Å². The van der Waals surface area contributed by atoms with Crippen LogP contribution >= 0.6 is 22.9 Å². The van der Waals surface area contributed by atoms with E-state index in [9.17, 15) is 0 Å². The summed E-state index contributed by atoms with van der Waals surface area (Å²) in [6.07, 6.45) is 0. The predicted octanol–water partition coefficient (Wildman–Crippen LogP) is 1.76. The molecule has 9 heteroatoms. The first-order valence-corrected chi connectivity index (χ1v) is 9.92. The number of ether oxygens (including phenoxy) is 1. The topological polar surface area (TPSA) is 66.4 Å². The van der Waals surface area contributed by atoms with E-state index in [2.05, 4.69) is 38.9 Å². The van der Waals surface area contributed by atoms with Crippen LogP contribution in [-0.4, -0.2) is 71.3 Å². The van der Waals surface area contributed by atoms with E-state index < -0.39 is 0 Å². The molecule has 2 aliphatic heterocycles. The summed E-state index contributed by atoms with van der Waals surface area (Å²) in [6.45, 7) is 10.4. The number of nitrogens with one attached hydrogen (secondary N) is 1. The van der Waals surface area contributed by atoms with E-state index in [1.165, 1.54) is 0 Å². The van der Waals surface area contributed by atoms with Gasteiger partial charge >= 0.3 is 0 Å². The summed E-state index contributed by atoms with van der Waals surface area (Å²) in [5.74, 6) is 0.836. The van der Waals surface area contributed by atoms with Crippen LogP contribution < -0.4 is 10.2 Å². The minimum Gasteiger partial charge on any atom is -0.378 e. The fourth-order valence-corrected chi connectivity index (χ4v) is 4.84. The second kappa shape index (κ2) is 7.28. The lowest BCUT2D eigenvalue weighted by atomic mass is 10.1. The Hall–Kier alpha value is -1.06. The number of hydrogen-bond acceptors (Lipinski definition) is 8. The largest absolute Gasteiger partial charge is 0.378 e. The van der Waals surface area contributed by atoms with Gasteiger partial charge in [-0.25, -0.2) is 9.97 Å². The van der Waals surface area contributed by atoms with Crippen molar-refractivity contribution in [2.75, 3.05) is 44.3 Å². The Morgan fingerprint density at radius 1 is 1.16 bits per heavy atom. The van der Waals surface area contributed by atoms with Crippen LogP contribution in [0.4, 0.5) is 5.82 Å². The number of piperazine rings is 1. The third kappa shape index (κ3) is 3.88. The van der Waals surface area contributed by atoms with E-state index in [0.717, 1.165) is 53.9 Å². The van der Waals surface area contributed by atoms with Crippen LogP contribution in [0.15, 0.2) is 0 Å². The zero-order chi connectivity index (χ0) is 17.4. The Balaban J connectivity index is 1.61. The first-order chi connectivity index (χ1) is 12.1. The van der Waals surface area contributed by atoms with Crippen LogP contribution in [-0.2, 0) is 11.3 Å². The molecule has 2 aromatic heterocycles. The number of anilines is 1. The maximum absolute atomic E-state index is 6.16. The average molecular weight is 383 g/mol. The molecule has 2 atom stereocenters. The summed E-state index contributed by atoms with van der Waals surface area (Å²) in [5, 5.41) is 4.92. The van der Waals surface area contributed by atoms with Gasteiger partial charge in [0.15, 0.2) is 10.6 Å².